The first-order valence-corrected chi connectivity index (χ1v) is 12.4. The Morgan fingerprint density at radius 1 is 1.18 bits per heavy atom. The standard InChI is InChI=1S/C27H37N3O3/c1-3-12-33-25-8-9-26(29-19-25)27(31)30(2)24-7-6-22-15-21(4-5-23(22)16-24)18-28-17-20-10-13-32-14-11-20/h4-5,8-9,15,19-20,24,28H,3,6-7,10-14,16-18H2,1-2H3/t24-/m0/s1. The number of pyridine rings is 1. The second-order valence-electron chi connectivity index (χ2n) is 9.33. The lowest BCUT2D eigenvalue weighted by Crippen LogP contribution is -2.41. The predicted octanol–water partition coefficient (Wildman–Crippen LogP) is 4.02. The fraction of sp³-hybridized carbons (Fsp3) is 0.556. The third-order valence-electron chi connectivity index (χ3n) is 6.87. The number of ether oxygens (including phenoxy) is 2. The number of carbonyl (C=O) groups excluding carboxylic acids is 1. The van der Waals surface area contributed by atoms with Crippen LogP contribution in [-0.2, 0) is 24.1 Å². The monoisotopic (exact) mass is 451 g/mol. The van der Waals surface area contributed by atoms with Crippen LogP contribution < -0.4 is 10.1 Å². The van der Waals surface area contributed by atoms with Crippen molar-refractivity contribution in [3.63, 3.8) is 0 Å². The molecule has 1 fully saturated rings. The average Bonchev–Trinajstić information content (AvgIpc) is 2.87. The lowest BCUT2D eigenvalue weighted by molar-refractivity contribution is 0.0662. The molecule has 4 rings (SSSR count). The Kier molecular flexibility index (Phi) is 8.35. The van der Waals surface area contributed by atoms with Gasteiger partial charge in [0.1, 0.15) is 11.4 Å². The van der Waals surface area contributed by atoms with Crippen molar-refractivity contribution in [2.45, 2.75) is 58.0 Å². The molecule has 1 aromatic heterocycles. The van der Waals surface area contributed by atoms with Crippen LogP contribution in [0.3, 0.4) is 0 Å². The molecule has 0 bridgehead atoms. The van der Waals surface area contributed by atoms with E-state index in [2.05, 4.69) is 35.4 Å². The minimum Gasteiger partial charge on any atom is -0.492 e. The molecule has 1 atom stereocenters. The number of hydrogen-bond donors (Lipinski definition) is 1. The lowest BCUT2D eigenvalue weighted by Gasteiger charge is -2.32. The molecule has 1 saturated heterocycles. The molecule has 1 amide bonds. The van der Waals surface area contributed by atoms with Crippen LogP contribution in [0, 0.1) is 5.92 Å². The molecule has 0 radical (unpaired) electrons. The van der Waals surface area contributed by atoms with E-state index in [9.17, 15) is 4.79 Å². The van der Waals surface area contributed by atoms with Gasteiger partial charge in [-0.3, -0.25) is 4.79 Å². The molecule has 2 aliphatic rings. The second-order valence-corrected chi connectivity index (χ2v) is 9.33. The van der Waals surface area contributed by atoms with Crippen molar-refractivity contribution in [3.05, 3.63) is 58.9 Å². The van der Waals surface area contributed by atoms with Crippen LogP contribution in [-0.4, -0.2) is 55.2 Å². The number of likely N-dealkylation sites (N-methyl/N-ethyl adjacent to an activating group) is 1. The van der Waals surface area contributed by atoms with Gasteiger partial charge in [-0.1, -0.05) is 25.1 Å². The van der Waals surface area contributed by atoms with Crippen molar-refractivity contribution >= 4 is 5.91 Å². The molecule has 1 aliphatic carbocycles. The summed E-state index contributed by atoms with van der Waals surface area (Å²) >= 11 is 0. The Bertz CT molecular complexity index is 909. The van der Waals surface area contributed by atoms with E-state index in [0.29, 0.717) is 18.1 Å². The molecule has 178 valence electrons. The van der Waals surface area contributed by atoms with Gasteiger partial charge in [0.25, 0.3) is 5.91 Å². The number of fused-ring (bicyclic) bond motifs is 1. The van der Waals surface area contributed by atoms with Crippen LogP contribution in [0.5, 0.6) is 5.75 Å². The molecule has 2 aromatic rings. The minimum atomic E-state index is -0.0283. The molecule has 1 aromatic carbocycles. The van der Waals surface area contributed by atoms with E-state index in [1.165, 1.54) is 16.7 Å². The first kappa shape index (κ1) is 23.7. The summed E-state index contributed by atoms with van der Waals surface area (Å²) in [6.07, 6.45) is 7.79. The maximum atomic E-state index is 13.0. The van der Waals surface area contributed by atoms with Gasteiger partial charge < -0.3 is 19.7 Å². The maximum Gasteiger partial charge on any atom is 0.272 e. The van der Waals surface area contributed by atoms with Gasteiger partial charge in [0, 0.05) is 32.8 Å². The zero-order valence-corrected chi connectivity index (χ0v) is 20.0. The van der Waals surface area contributed by atoms with Gasteiger partial charge in [-0.2, -0.15) is 0 Å². The molecule has 0 spiro atoms. The summed E-state index contributed by atoms with van der Waals surface area (Å²) < 4.78 is 11.0. The Morgan fingerprint density at radius 2 is 2.03 bits per heavy atom. The number of benzene rings is 1. The summed E-state index contributed by atoms with van der Waals surface area (Å²) in [5, 5.41) is 3.63. The van der Waals surface area contributed by atoms with Gasteiger partial charge in [-0.25, -0.2) is 4.98 Å². The van der Waals surface area contributed by atoms with Crippen molar-refractivity contribution in [3.8, 4) is 5.75 Å². The van der Waals surface area contributed by atoms with Crippen molar-refractivity contribution in [2.75, 3.05) is 33.4 Å². The number of aromatic nitrogens is 1. The minimum absolute atomic E-state index is 0.0283. The lowest BCUT2D eigenvalue weighted by atomic mass is 9.86. The fourth-order valence-corrected chi connectivity index (χ4v) is 4.76. The van der Waals surface area contributed by atoms with Crippen LogP contribution >= 0.6 is 0 Å². The first-order valence-electron chi connectivity index (χ1n) is 12.4. The Morgan fingerprint density at radius 3 is 2.79 bits per heavy atom. The molecule has 6 heteroatoms. The molecular weight excluding hydrogens is 414 g/mol. The molecule has 0 unspecified atom stereocenters. The Balaban J connectivity index is 1.30. The van der Waals surface area contributed by atoms with E-state index < -0.39 is 0 Å². The summed E-state index contributed by atoms with van der Waals surface area (Å²) in [4.78, 5) is 19.2. The van der Waals surface area contributed by atoms with Crippen LogP contribution in [0.15, 0.2) is 36.5 Å². The fourth-order valence-electron chi connectivity index (χ4n) is 4.76. The number of hydrogen-bond acceptors (Lipinski definition) is 5. The maximum absolute atomic E-state index is 13.0. The van der Waals surface area contributed by atoms with Crippen molar-refractivity contribution in [1.29, 1.82) is 0 Å². The molecule has 0 saturated carbocycles. The third-order valence-corrected chi connectivity index (χ3v) is 6.87. The smallest absolute Gasteiger partial charge is 0.272 e. The van der Waals surface area contributed by atoms with E-state index in [4.69, 9.17) is 9.47 Å². The van der Waals surface area contributed by atoms with Crippen molar-refractivity contribution < 1.29 is 14.3 Å². The highest BCUT2D eigenvalue weighted by molar-refractivity contribution is 5.92. The highest BCUT2D eigenvalue weighted by Gasteiger charge is 2.26. The number of amides is 1. The van der Waals surface area contributed by atoms with E-state index in [1.807, 2.05) is 18.0 Å². The highest BCUT2D eigenvalue weighted by Crippen LogP contribution is 2.26. The molecule has 33 heavy (non-hydrogen) atoms. The van der Waals surface area contributed by atoms with Gasteiger partial charge >= 0.3 is 0 Å². The predicted molar refractivity (Wildman–Crippen MR) is 130 cm³/mol. The SMILES string of the molecule is CCCOc1ccc(C(=O)N(C)[C@H]2CCc3cc(CNCC4CCOCC4)ccc3C2)nc1. The zero-order valence-electron chi connectivity index (χ0n) is 20.0. The van der Waals surface area contributed by atoms with Crippen molar-refractivity contribution in [1.82, 2.24) is 15.2 Å². The van der Waals surface area contributed by atoms with E-state index >= 15 is 0 Å². The Labute approximate surface area is 197 Å². The van der Waals surface area contributed by atoms with E-state index in [1.54, 1.807) is 12.3 Å². The average molecular weight is 452 g/mol. The van der Waals surface area contributed by atoms with Gasteiger partial charge in [-0.15, -0.1) is 0 Å². The normalized spacial score (nSPS) is 18.5. The first-order chi connectivity index (χ1) is 16.1. The number of nitrogens with one attached hydrogen (secondary N) is 1. The third kappa shape index (κ3) is 6.33. The number of aryl methyl sites for hydroxylation is 1. The molecule has 1 N–H and O–H groups in total. The Hall–Kier alpha value is -2.44. The number of rotatable bonds is 9. The molecule has 2 heterocycles. The van der Waals surface area contributed by atoms with Crippen molar-refractivity contribution in [2.24, 2.45) is 5.92 Å². The van der Waals surface area contributed by atoms with E-state index in [0.717, 1.165) is 70.7 Å². The summed E-state index contributed by atoms with van der Waals surface area (Å²) in [6.45, 7) is 6.50. The highest BCUT2D eigenvalue weighted by atomic mass is 16.5. The largest absolute Gasteiger partial charge is 0.492 e. The summed E-state index contributed by atoms with van der Waals surface area (Å²) in [5.74, 6) is 1.42. The number of nitrogens with zero attached hydrogens (tertiary/aromatic N) is 2. The quantitative estimate of drug-likeness (QED) is 0.624. The van der Waals surface area contributed by atoms with Gasteiger partial charge in [0.05, 0.1) is 12.8 Å². The van der Waals surface area contributed by atoms with Crippen LogP contribution in [0.2, 0.25) is 0 Å². The number of carbonyl (C=O) groups is 1. The molecule has 6 nitrogen and oxygen atoms in total. The van der Waals surface area contributed by atoms with E-state index in [-0.39, 0.29) is 11.9 Å². The van der Waals surface area contributed by atoms with Gasteiger partial charge in [0.2, 0.25) is 0 Å². The zero-order chi connectivity index (χ0) is 23.0. The van der Waals surface area contributed by atoms with Crippen LogP contribution in [0.1, 0.15) is 59.8 Å². The molecular formula is C27H37N3O3. The topological polar surface area (TPSA) is 63.7 Å². The van der Waals surface area contributed by atoms with Gasteiger partial charge in [0.15, 0.2) is 0 Å². The summed E-state index contributed by atoms with van der Waals surface area (Å²) in [5.41, 5.74) is 4.60. The summed E-state index contributed by atoms with van der Waals surface area (Å²) in [7, 11) is 1.90. The van der Waals surface area contributed by atoms with Crippen LogP contribution in [0.4, 0.5) is 0 Å². The van der Waals surface area contributed by atoms with Gasteiger partial charge in [-0.05, 0) is 79.8 Å². The molecule has 1 aliphatic heterocycles. The second kappa shape index (κ2) is 11.6. The van der Waals surface area contributed by atoms with Crippen LogP contribution in [0.25, 0.3) is 0 Å². The summed E-state index contributed by atoms with van der Waals surface area (Å²) in [6, 6.07) is 10.6.